The van der Waals surface area contributed by atoms with Crippen LogP contribution in [0, 0.1) is 5.92 Å². The summed E-state index contributed by atoms with van der Waals surface area (Å²) in [5.41, 5.74) is 5.29. The molecule has 0 spiro atoms. The van der Waals surface area contributed by atoms with Crippen LogP contribution in [0.25, 0.3) is 0 Å². The van der Waals surface area contributed by atoms with E-state index in [9.17, 15) is 14.4 Å². The van der Waals surface area contributed by atoms with Gasteiger partial charge in [-0.15, -0.1) is 0 Å². The molecular formula is C13H22N2O4. The van der Waals surface area contributed by atoms with Crippen LogP contribution >= 0.6 is 0 Å². The third-order valence-electron chi connectivity index (χ3n) is 3.45. The lowest BCUT2D eigenvalue weighted by molar-refractivity contribution is -0.147. The predicted molar refractivity (Wildman–Crippen MR) is 69.0 cm³/mol. The molecule has 0 aromatic carbocycles. The molecule has 6 nitrogen and oxygen atoms in total. The molecule has 0 bridgehead atoms. The first-order valence-corrected chi connectivity index (χ1v) is 6.70. The highest BCUT2D eigenvalue weighted by Gasteiger charge is 2.31. The van der Waals surface area contributed by atoms with Gasteiger partial charge in [0.2, 0.25) is 11.8 Å². The Morgan fingerprint density at radius 1 is 1.26 bits per heavy atom. The maximum atomic E-state index is 12.1. The molecule has 1 aliphatic rings. The zero-order chi connectivity index (χ0) is 14.4. The molecule has 1 rings (SSSR count). The summed E-state index contributed by atoms with van der Waals surface area (Å²) < 4.78 is 4.78. The van der Waals surface area contributed by atoms with Gasteiger partial charge in [0, 0.05) is 19.0 Å². The van der Waals surface area contributed by atoms with Gasteiger partial charge in [-0.2, -0.15) is 0 Å². The fourth-order valence-electron chi connectivity index (χ4n) is 2.27. The minimum absolute atomic E-state index is 0.0805. The van der Waals surface area contributed by atoms with Gasteiger partial charge in [-0.3, -0.25) is 14.4 Å². The Labute approximate surface area is 113 Å². The lowest BCUT2D eigenvalue weighted by atomic mass is 9.92. The summed E-state index contributed by atoms with van der Waals surface area (Å²) >= 11 is 0. The number of hydrogen-bond donors (Lipinski definition) is 1. The molecule has 0 aliphatic carbocycles. The molecule has 6 heteroatoms. The van der Waals surface area contributed by atoms with Gasteiger partial charge in [0.15, 0.2) is 0 Å². The summed E-state index contributed by atoms with van der Waals surface area (Å²) in [6.07, 6.45) is 1.68. The molecule has 2 amide bonds. The number of esters is 1. The minimum atomic E-state index is -0.369. The van der Waals surface area contributed by atoms with Crippen molar-refractivity contribution in [2.75, 3.05) is 13.2 Å². The molecule has 2 N–H and O–H groups in total. The smallest absolute Gasteiger partial charge is 0.306 e. The number of ether oxygens (including phenoxy) is 1. The molecule has 108 valence electrons. The Morgan fingerprint density at radius 3 is 2.53 bits per heavy atom. The number of likely N-dealkylation sites (tertiary alicyclic amines) is 1. The number of carbonyl (C=O) groups excluding carboxylic acids is 3. The molecule has 0 saturated carbocycles. The number of piperidine rings is 1. The zero-order valence-electron chi connectivity index (χ0n) is 11.6. The summed E-state index contributed by atoms with van der Waals surface area (Å²) in [5.74, 6) is -1.13. The van der Waals surface area contributed by atoms with E-state index < -0.39 is 0 Å². The average molecular weight is 270 g/mol. The van der Waals surface area contributed by atoms with Crippen LogP contribution in [0.15, 0.2) is 0 Å². The molecule has 1 heterocycles. The third-order valence-corrected chi connectivity index (χ3v) is 3.45. The molecule has 2 unspecified atom stereocenters. The van der Waals surface area contributed by atoms with Crippen molar-refractivity contribution in [1.82, 2.24) is 4.90 Å². The highest BCUT2D eigenvalue weighted by Crippen LogP contribution is 2.22. The van der Waals surface area contributed by atoms with Gasteiger partial charge in [-0.05, 0) is 26.7 Å². The highest BCUT2D eigenvalue weighted by atomic mass is 16.5. The average Bonchev–Trinajstić information content (AvgIpc) is 2.36. The molecular weight excluding hydrogens is 248 g/mol. The van der Waals surface area contributed by atoms with Crippen molar-refractivity contribution >= 4 is 17.8 Å². The van der Waals surface area contributed by atoms with Crippen LogP contribution in [0.1, 0.15) is 39.5 Å². The molecule has 1 saturated heterocycles. The van der Waals surface area contributed by atoms with E-state index in [-0.39, 0.29) is 42.6 Å². The van der Waals surface area contributed by atoms with Crippen LogP contribution < -0.4 is 5.73 Å². The Balaban J connectivity index is 2.49. The monoisotopic (exact) mass is 270 g/mol. The Kier molecular flexibility index (Phi) is 5.79. The fraction of sp³-hybridized carbons (Fsp3) is 0.769. The number of amides is 2. The second kappa shape index (κ2) is 7.11. The minimum Gasteiger partial charge on any atom is -0.466 e. The number of nitrogens with two attached hydrogens (primary N) is 1. The van der Waals surface area contributed by atoms with Gasteiger partial charge in [-0.25, -0.2) is 0 Å². The van der Waals surface area contributed by atoms with E-state index in [4.69, 9.17) is 10.5 Å². The summed E-state index contributed by atoms with van der Waals surface area (Å²) in [4.78, 5) is 36.1. The second-order valence-corrected chi connectivity index (χ2v) is 4.88. The van der Waals surface area contributed by atoms with E-state index in [2.05, 4.69) is 0 Å². The van der Waals surface area contributed by atoms with E-state index in [1.807, 2.05) is 6.92 Å². The molecule has 0 aromatic heterocycles. The summed E-state index contributed by atoms with van der Waals surface area (Å²) in [6.45, 7) is 4.35. The van der Waals surface area contributed by atoms with Crippen LogP contribution in [0.2, 0.25) is 0 Å². The van der Waals surface area contributed by atoms with Gasteiger partial charge in [0.25, 0.3) is 0 Å². The van der Waals surface area contributed by atoms with Crippen molar-refractivity contribution in [3.63, 3.8) is 0 Å². The first-order valence-electron chi connectivity index (χ1n) is 6.70. The molecule has 0 aromatic rings. The lowest BCUT2D eigenvalue weighted by Gasteiger charge is -2.37. The van der Waals surface area contributed by atoms with E-state index in [1.165, 1.54) is 0 Å². The van der Waals surface area contributed by atoms with Gasteiger partial charge in [0.1, 0.15) is 0 Å². The molecule has 0 radical (unpaired) electrons. The van der Waals surface area contributed by atoms with Crippen LogP contribution in [0.5, 0.6) is 0 Å². The SMILES string of the molecule is CCOC(=O)CCC(=O)N1CC(C(N)=O)CCC1C. The molecule has 1 fully saturated rings. The van der Waals surface area contributed by atoms with E-state index in [1.54, 1.807) is 11.8 Å². The first kappa shape index (κ1) is 15.5. The largest absolute Gasteiger partial charge is 0.466 e. The summed E-state index contributed by atoms with van der Waals surface area (Å²) in [5, 5.41) is 0. The van der Waals surface area contributed by atoms with E-state index >= 15 is 0 Å². The molecule has 2 atom stereocenters. The topological polar surface area (TPSA) is 89.7 Å². The van der Waals surface area contributed by atoms with Gasteiger partial charge < -0.3 is 15.4 Å². The number of rotatable bonds is 5. The Morgan fingerprint density at radius 2 is 1.95 bits per heavy atom. The number of carbonyl (C=O) groups is 3. The van der Waals surface area contributed by atoms with Gasteiger partial charge >= 0.3 is 5.97 Å². The van der Waals surface area contributed by atoms with Crippen LogP contribution in [-0.2, 0) is 19.1 Å². The molecule has 19 heavy (non-hydrogen) atoms. The van der Waals surface area contributed by atoms with Gasteiger partial charge in [0.05, 0.1) is 18.9 Å². The second-order valence-electron chi connectivity index (χ2n) is 4.88. The summed E-state index contributed by atoms with van der Waals surface area (Å²) in [7, 11) is 0. The van der Waals surface area contributed by atoms with Crippen molar-refractivity contribution < 1.29 is 19.1 Å². The Bertz CT molecular complexity index is 357. The van der Waals surface area contributed by atoms with Crippen LogP contribution in [-0.4, -0.2) is 41.9 Å². The third kappa shape index (κ3) is 4.54. The van der Waals surface area contributed by atoms with Crippen molar-refractivity contribution in [3.05, 3.63) is 0 Å². The standard InChI is InChI=1S/C13H22N2O4/c1-3-19-12(17)7-6-11(16)15-8-10(13(14)18)5-4-9(15)2/h9-10H,3-8H2,1-2H3,(H2,14,18). The maximum Gasteiger partial charge on any atom is 0.306 e. The van der Waals surface area contributed by atoms with Crippen LogP contribution in [0.3, 0.4) is 0 Å². The normalized spacial score (nSPS) is 22.9. The quantitative estimate of drug-likeness (QED) is 0.734. The van der Waals surface area contributed by atoms with Crippen molar-refractivity contribution in [2.45, 2.75) is 45.6 Å². The van der Waals surface area contributed by atoms with E-state index in [0.29, 0.717) is 13.2 Å². The maximum absolute atomic E-state index is 12.1. The Hall–Kier alpha value is -1.59. The van der Waals surface area contributed by atoms with Crippen LogP contribution in [0.4, 0.5) is 0 Å². The first-order chi connectivity index (χ1) is 8.95. The highest BCUT2D eigenvalue weighted by molar-refractivity contribution is 5.83. The van der Waals surface area contributed by atoms with Gasteiger partial charge in [-0.1, -0.05) is 0 Å². The molecule has 1 aliphatic heterocycles. The van der Waals surface area contributed by atoms with E-state index in [0.717, 1.165) is 12.8 Å². The number of nitrogens with zero attached hydrogens (tertiary/aromatic N) is 1. The van der Waals surface area contributed by atoms with Crippen molar-refractivity contribution in [2.24, 2.45) is 11.7 Å². The zero-order valence-corrected chi connectivity index (χ0v) is 11.6. The van der Waals surface area contributed by atoms with Crippen molar-refractivity contribution in [3.8, 4) is 0 Å². The number of hydrogen-bond acceptors (Lipinski definition) is 4. The van der Waals surface area contributed by atoms with Crippen molar-refractivity contribution in [1.29, 1.82) is 0 Å². The lowest BCUT2D eigenvalue weighted by Crippen LogP contribution is -2.48. The number of primary amides is 1. The summed E-state index contributed by atoms with van der Waals surface area (Å²) in [6, 6.07) is 0.0882. The predicted octanol–water partition coefficient (Wildman–Crippen LogP) is 0.442. The fourth-order valence-corrected chi connectivity index (χ4v) is 2.27.